The number of aliphatic imine (C=N–C) groups is 2. The molecule has 0 bridgehead atoms. The number of carbonyl (C=O) groups is 1. The van der Waals surface area contributed by atoms with E-state index in [4.69, 9.17) is 14.7 Å². The predicted octanol–water partition coefficient (Wildman–Crippen LogP) is 6.42. The number of ether oxygens (including phenoxy) is 1. The van der Waals surface area contributed by atoms with Crippen molar-refractivity contribution in [3.05, 3.63) is 65.2 Å². The Kier molecular flexibility index (Phi) is 12.0. The minimum absolute atomic E-state index is 0.118. The molecule has 1 aliphatic heterocycles. The Morgan fingerprint density at radius 3 is 2.56 bits per heavy atom. The molecule has 2 atom stereocenters. The normalized spacial score (nSPS) is 14.5. The number of likely N-dealkylation sites (N-methyl/N-ethyl adjacent to an activating group) is 1. The molecule has 1 aliphatic rings. The topological polar surface area (TPSA) is 109 Å². The molecule has 10 nitrogen and oxygen atoms in total. The molecule has 0 saturated heterocycles. The van der Waals surface area contributed by atoms with Crippen LogP contribution in [-0.4, -0.2) is 71.2 Å². The van der Waals surface area contributed by atoms with Crippen molar-refractivity contribution in [2.45, 2.75) is 85.7 Å². The van der Waals surface area contributed by atoms with Crippen molar-refractivity contribution in [1.29, 1.82) is 0 Å². The number of carbonyl (C=O) groups excluding carboxylic acids is 1. The van der Waals surface area contributed by atoms with Gasteiger partial charge in [0.2, 0.25) is 5.82 Å². The molecule has 3 aromatic rings. The van der Waals surface area contributed by atoms with Gasteiger partial charge >= 0.3 is 0 Å². The van der Waals surface area contributed by atoms with E-state index in [0.717, 1.165) is 67.2 Å². The standard InChI is InChI=1S/C35H48N8O2/c1-8-10-11-12-13-31(45-30-19-14-24(3)22-25(30)4)35(44)37-23-26(5)33-39-34-32(27(6)40-43(34)41-33)38-28-15-17-29(18-16-28)42(9-2)21-20-36-7/h14-19,22,26,31H,7-13,20-21,23H2,1-6H3,(H,37,44). The maximum Gasteiger partial charge on any atom is 0.261 e. The lowest BCUT2D eigenvalue weighted by Crippen LogP contribution is -2.40. The highest BCUT2D eigenvalue weighted by atomic mass is 16.5. The molecule has 0 spiro atoms. The summed E-state index contributed by atoms with van der Waals surface area (Å²) in [5, 5.41) is 12.3. The van der Waals surface area contributed by atoms with Gasteiger partial charge in [0, 0.05) is 31.2 Å². The van der Waals surface area contributed by atoms with Crippen LogP contribution in [0, 0.1) is 13.8 Å². The van der Waals surface area contributed by atoms with Crippen LogP contribution in [0.1, 0.15) is 88.5 Å². The second-order valence-electron chi connectivity index (χ2n) is 11.7. The molecule has 2 heterocycles. The number of amides is 1. The molecule has 240 valence electrons. The van der Waals surface area contributed by atoms with Gasteiger partial charge in [-0.2, -0.15) is 5.10 Å². The number of unbranched alkanes of at least 4 members (excludes halogenated alkanes) is 3. The molecule has 10 heteroatoms. The minimum Gasteiger partial charge on any atom is -0.480 e. The number of rotatable bonds is 17. The van der Waals surface area contributed by atoms with Crippen LogP contribution < -0.4 is 15.0 Å². The van der Waals surface area contributed by atoms with Crippen molar-refractivity contribution in [2.75, 3.05) is 31.1 Å². The summed E-state index contributed by atoms with van der Waals surface area (Å²) in [6.45, 7) is 18.6. The summed E-state index contributed by atoms with van der Waals surface area (Å²) in [4.78, 5) is 30.8. The lowest BCUT2D eigenvalue weighted by molar-refractivity contribution is -0.128. The van der Waals surface area contributed by atoms with Gasteiger partial charge in [0.05, 0.1) is 17.9 Å². The largest absolute Gasteiger partial charge is 0.480 e. The van der Waals surface area contributed by atoms with Crippen LogP contribution in [0.4, 0.5) is 11.4 Å². The first-order chi connectivity index (χ1) is 21.7. The molecule has 45 heavy (non-hydrogen) atoms. The Labute approximate surface area is 267 Å². The zero-order valence-electron chi connectivity index (χ0n) is 27.7. The van der Waals surface area contributed by atoms with Gasteiger partial charge in [-0.3, -0.25) is 9.79 Å². The van der Waals surface area contributed by atoms with Gasteiger partial charge in [-0.05, 0) is 83.1 Å². The molecule has 0 radical (unpaired) electrons. The van der Waals surface area contributed by atoms with Gasteiger partial charge in [-0.15, -0.1) is 9.89 Å². The molecule has 2 aromatic carbocycles. The summed E-state index contributed by atoms with van der Waals surface area (Å²) in [6, 6.07) is 14.2. The third-order valence-electron chi connectivity index (χ3n) is 8.01. The average Bonchev–Trinajstić information content (AvgIpc) is 3.57. The zero-order valence-corrected chi connectivity index (χ0v) is 27.7. The van der Waals surface area contributed by atoms with E-state index in [0.29, 0.717) is 36.9 Å². The summed E-state index contributed by atoms with van der Waals surface area (Å²) in [5.41, 5.74) is 5.57. The van der Waals surface area contributed by atoms with E-state index in [1.165, 1.54) is 10.4 Å². The summed E-state index contributed by atoms with van der Waals surface area (Å²) in [6.07, 6.45) is 4.42. The highest BCUT2D eigenvalue weighted by molar-refractivity contribution is 6.48. The summed E-state index contributed by atoms with van der Waals surface area (Å²) in [7, 11) is 0. The van der Waals surface area contributed by atoms with E-state index in [-0.39, 0.29) is 11.8 Å². The van der Waals surface area contributed by atoms with Crippen LogP contribution in [0.2, 0.25) is 0 Å². The number of anilines is 1. The fourth-order valence-electron chi connectivity index (χ4n) is 5.30. The zero-order chi connectivity index (χ0) is 32.3. The van der Waals surface area contributed by atoms with Crippen molar-refractivity contribution in [1.82, 2.24) is 20.2 Å². The molecule has 4 rings (SSSR count). The number of nitrogens with zero attached hydrogens (tertiary/aromatic N) is 7. The van der Waals surface area contributed by atoms with Crippen LogP contribution in [0.5, 0.6) is 5.75 Å². The number of aromatic nitrogens is 3. The van der Waals surface area contributed by atoms with E-state index < -0.39 is 6.10 Å². The molecule has 0 aliphatic carbocycles. The van der Waals surface area contributed by atoms with E-state index in [1.54, 1.807) is 0 Å². The lowest BCUT2D eigenvalue weighted by atomic mass is 10.1. The highest BCUT2D eigenvalue weighted by Crippen LogP contribution is 2.24. The van der Waals surface area contributed by atoms with Crippen molar-refractivity contribution in [3.63, 3.8) is 0 Å². The number of hydrogen-bond acceptors (Lipinski definition) is 8. The monoisotopic (exact) mass is 612 g/mol. The third-order valence-corrected chi connectivity index (χ3v) is 8.01. The maximum atomic E-state index is 13.4. The Morgan fingerprint density at radius 1 is 1.09 bits per heavy atom. The van der Waals surface area contributed by atoms with Gasteiger partial charge in [0.15, 0.2) is 11.9 Å². The SMILES string of the molecule is C=NCCN(CC)c1ccc(N=C2C(C)=Nn3nc(C(C)CNC(=O)C(CCCCCC)Oc4ccc(C)cc4C)nc32)cc1. The minimum atomic E-state index is -0.559. The number of benzene rings is 2. The van der Waals surface area contributed by atoms with Gasteiger partial charge in [-0.1, -0.05) is 50.8 Å². The lowest BCUT2D eigenvalue weighted by Gasteiger charge is -2.22. The predicted molar refractivity (Wildman–Crippen MR) is 184 cm³/mol. The second kappa shape index (κ2) is 16.1. The first-order valence-electron chi connectivity index (χ1n) is 16.1. The summed E-state index contributed by atoms with van der Waals surface area (Å²) < 4.78 is 6.27. The Hall–Kier alpha value is -4.34. The molecule has 1 N–H and O–H groups in total. The second-order valence-corrected chi connectivity index (χ2v) is 11.7. The van der Waals surface area contributed by atoms with E-state index in [1.807, 2.05) is 45.0 Å². The number of hydrogen-bond donors (Lipinski definition) is 1. The fourth-order valence-corrected chi connectivity index (χ4v) is 5.30. The molecule has 1 amide bonds. The molecule has 2 unspecified atom stereocenters. The molecule has 0 saturated carbocycles. The van der Waals surface area contributed by atoms with Crippen LogP contribution in [-0.2, 0) is 4.79 Å². The Balaban J connectivity index is 1.42. The highest BCUT2D eigenvalue weighted by Gasteiger charge is 2.27. The van der Waals surface area contributed by atoms with Gasteiger partial charge in [0.25, 0.3) is 5.91 Å². The molecular formula is C35H48N8O2. The average molecular weight is 613 g/mol. The van der Waals surface area contributed by atoms with E-state index in [9.17, 15) is 4.79 Å². The molecular weight excluding hydrogens is 564 g/mol. The fraction of sp³-hybridized carbons (Fsp3) is 0.486. The van der Waals surface area contributed by atoms with Crippen molar-refractivity contribution < 1.29 is 9.53 Å². The van der Waals surface area contributed by atoms with Crippen LogP contribution in [0.3, 0.4) is 0 Å². The van der Waals surface area contributed by atoms with Crippen LogP contribution >= 0.6 is 0 Å². The first-order valence-corrected chi connectivity index (χ1v) is 16.1. The van der Waals surface area contributed by atoms with Crippen LogP contribution in [0.15, 0.2) is 57.6 Å². The van der Waals surface area contributed by atoms with E-state index >= 15 is 0 Å². The van der Waals surface area contributed by atoms with Crippen LogP contribution in [0.25, 0.3) is 0 Å². The first kappa shape index (κ1) is 33.6. The summed E-state index contributed by atoms with van der Waals surface area (Å²) in [5.74, 6) is 1.71. The Morgan fingerprint density at radius 2 is 1.87 bits per heavy atom. The maximum absolute atomic E-state index is 13.4. The number of aryl methyl sites for hydroxylation is 2. The smallest absolute Gasteiger partial charge is 0.261 e. The van der Waals surface area contributed by atoms with Crippen molar-refractivity contribution in [3.8, 4) is 5.75 Å². The van der Waals surface area contributed by atoms with Gasteiger partial charge in [0.1, 0.15) is 11.5 Å². The molecule has 1 aromatic heterocycles. The molecule has 0 fully saturated rings. The van der Waals surface area contributed by atoms with Gasteiger partial charge in [-0.25, -0.2) is 9.98 Å². The summed E-state index contributed by atoms with van der Waals surface area (Å²) >= 11 is 0. The third kappa shape index (κ3) is 8.86. The van der Waals surface area contributed by atoms with E-state index in [2.05, 4.69) is 71.1 Å². The quantitative estimate of drug-likeness (QED) is 0.140. The number of nitrogens with one attached hydrogen (secondary N) is 1. The van der Waals surface area contributed by atoms with Crippen molar-refractivity contribution in [2.24, 2.45) is 15.1 Å². The van der Waals surface area contributed by atoms with Crippen molar-refractivity contribution >= 4 is 35.4 Å². The number of fused-ring (bicyclic) bond motifs is 1. The Bertz CT molecular complexity index is 1510. The van der Waals surface area contributed by atoms with Gasteiger partial charge < -0.3 is 15.0 Å².